The van der Waals surface area contributed by atoms with Crippen molar-refractivity contribution in [3.05, 3.63) is 44.9 Å². The summed E-state index contributed by atoms with van der Waals surface area (Å²) in [6.07, 6.45) is 2.69. The maximum absolute atomic E-state index is 12.0. The van der Waals surface area contributed by atoms with Gasteiger partial charge in [0.15, 0.2) is 5.82 Å². The molecule has 0 aliphatic heterocycles. The molecule has 1 aromatic heterocycles. The number of nitrogens with one attached hydrogen (secondary N) is 2. The van der Waals surface area contributed by atoms with Crippen molar-refractivity contribution in [2.45, 2.75) is 0 Å². The Morgan fingerprint density at radius 1 is 1.32 bits per heavy atom. The van der Waals surface area contributed by atoms with E-state index >= 15 is 0 Å². The van der Waals surface area contributed by atoms with Gasteiger partial charge in [-0.3, -0.25) is 4.79 Å². The molecule has 0 fully saturated rings. The Bertz CT molecular complexity index is 605. The summed E-state index contributed by atoms with van der Waals surface area (Å²) in [5.74, 6) is 5.15. The van der Waals surface area contributed by atoms with Crippen LogP contribution in [0.3, 0.4) is 0 Å². The van der Waals surface area contributed by atoms with Gasteiger partial charge in [0, 0.05) is 3.57 Å². The number of anilines is 2. The van der Waals surface area contributed by atoms with Crippen LogP contribution in [0.1, 0.15) is 10.5 Å². The van der Waals surface area contributed by atoms with Gasteiger partial charge in [0.25, 0.3) is 5.91 Å². The van der Waals surface area contributed by atoms with Gasteiger partial charge in [0.05, 0.1) is 23.1 Å². The summed E-state index contributed by atoms with van der Waals surface area (Å²) in [4.78, 5) is 19.8. The number of hydrazine groups is 1. The first kappa shape index (κ1) is 14.0. The second kappa shape index (κ2) is 6.13. The number of halogens is 2. The van der Waals surface area contributed by atoms with Crippen molar-refractivity contribution < 1.29 is 4.79 Å². The van der Waals surface area contributed by atoms with Crippen LogP contribution in [0, 0.1) is 3.57 Å². The molecule has 0 saturated heterocycles. The third-order valence-electron chi connectivity index (χ3n) is 2.21. The Kier molecular flexibility index (Phi) is 4.51. The van der Waals surface area contributed by atoms with Crippen LogP contribution in [-0.2, 0) is 0 Å². The molecule has 1 amide bonds. The topological polar surface area (TPSA) is 92.9 Å². The molecular weight excluding hydrogens is 381 g/mol. The van der Waals surface area contributed by atoms with Crippen molar-refractivity contribution in [1.82, 2.24) is 9.97 Å². The molecule has 0 bridgehead atoms. The Hall–Kier alpha value is -1.45. The number of nitrogens with two attached hydrogens (primary N) is 1. The molecule has 0 saturated carbocycles. The minimum Gasteiger partial charge on any atom is -0.319 e. The smallest absolute Gasteiger partial charge is 0.275 e. The first-order valence-corrected chi connectivity index (χ1v) is 6.61. The zero-order valence-electron chi connectivity index (χ0n) is 9.52. The minimum absolute atomic E-state index is 0.175. The van der Waals surface area contributed by atoms with E-state index in [1.54, 1.807) is 12.1 Å². The SMILES string of the molecule is NNc1cnc(C(=O)Nc2cc(I)ccc2Cl)cn1. The van der Waals surface area contributed by atoms with Crippen molar-refractivity contribution in [2.24, 2.45) is 5.84 Å². The molecule has 1 aromatic carbocycles. The van der Waals surface area contributed by atoms with E-state index in [9.17, 15) is 4.79 Å². The lowest BCUT2D eigenvalue weighted by molar-refractivity contribution is 0.102. The number of hydrogen-bond donors (Lipinski definition) is 3. The quantitative estimate of drug-likeness (QED) is 0.425. The lowest BCUT2D eigenvalue weighted by Gasteiger charge is -2.07. The predicted molar refractivity (Wildman–Crippen MR) is 82.0 cm³/mol. The number of nitrogen functional groups attached to an aromatic ring is 1. The van der Waals surface area contributed by atoms with Crippen LogP contribution in [-0.4, -0.2) is 15.9 Å². The van der Waals surface area contributed by atoms with Crippen LogP contribution in [0.2, 0.25) is 5.02 Å². The largest absolute Gasteiger partial charge is 0.319 e. The number of aromatic nitrogens is 2. The zero-order chi connectivity index (χ0) is 13.8. The van der Waals surface area contributed by atoms with Gasteiger partial charge in [-0.25, -0.2) is 15.8 Å². The maximum atomic E-state index is 12.0. The number of benzene rings is 1. The van der Waals surface area contributed by atoms with E-state index in [4.69, 9.17) is 17.4 Å². The predicted octanol–water partition coefficient (Wildman–Crippen LogP) is 2.27. The average molecular weight is 390 g/mol. The van der Waals surface area contributed by atoms with Crippen molar-refractivity contribution in [3.8, 4) is 0 Å². The number of hydrogen-bond acceptors (Lipinski definition) is 5. The molecule has 19 heavy (non-hydrogen) atoms. The molecule has 0 radical (unpaired) electrons. The normalized spacial score (nSPS) is 10.1. The van der Waals surface area contributed by atoms with E-state index in [0.29, 0.717) is 16.5 Å². The number of amides is 1. The van der Waals surface area contributed by atoms with Crippen LogP contribution < -0.4 is 16.6 Å². The van der Waals surface area contributed by atoms with E-state index in [1.165, 1.54) is 12.4 Å². The van der Waals surface area contributed by atoms with Crippen molar-refractivity contribution in [3.63, 3.8) is 0 Å². The van der Waals surface area contributed by atoms with E-state index in [-0.39, 0.29) is 11.6 Å². The molecule has 0 aliphatic rings. The number of carbonyl (C=O) groups excluding carboxylic acids is 1. The highest BCUT2D eigenvalue weighted by atomic mass is 127. The molecule has 1 heterocycles. The molecular formula is C11H9ClIN5O. The van der Waals surface area contributed by atoms with Crippen LogP contribution in [0.15, 0.2) is 30.6 Å². The number of nitrogens with zero attached hydrogens (tertiary/aromatic N) is 2. The third kappa shape index (κ3) is 3.52. The van der Waals surface area contributed by atoms with E-state index in [2.05, 4.69) is 43.3 Å². The second-order valence-electron chi connectivity index (χ2n) is 3.51. The summed E-state index contributed by atoms with van der Waals surface area (Å²) in [5.41, 5.74) is 3.04. The van der Waals surface area contributed by atoms with Crippen molar-refractivity contribution in [2.75, 3.05) is 10.7 Å². The van der Waals surface area contributed by atoms with Gasteiger partial charge >= 0.3 is 0 Å². The van der Waals surface area contributed by atoms with Crippen molar-refractivity contribution in [1.29, 1.82) is 0 Å². The Morgan fingerprint density at radius 3 is 2.74 bits per heavy atom. The highest BCUT2D eigenvalue weighted by molar-refractivity contribution is 14.1. The molecule has 4 N–H and O–H groups in total. The average Bonchev–Trinajstić information content (AvgIpc) is 2.43. The van der Waals surface area contributed by atoms with E-state index in [1.807, 2.05) is 6.07 Å². The summed E-state index contributed by atoms with van der Waals surface area (Å²) in [6, 6.07) is 5.33. The third-order valence-corrected chi connectivity index (χ3v) is 3.21. The Labute approximate surface area is 127 Å². The highest BCUT2D eigenvalue weighted by Gasteiger charge is 2.10. The van der Waals surface area contributed by atoms with Gasteiger partial charge < -0.3 is 10.7 Å². The first-order chi connectivity index (χ1) is 9.10. The van der Waals surface area contributed by atoms with Gasteiger partial charge in [-0.15, -0.1) is 0 Å². The summed E-state index contributed by atoms with van der Waals surface area (Å²) in [7, 11) is 0. The monoisotopic (exact) mass is 389 g/mol. The lowest BCUT2D eigenvalue weighted by atomic mass is 10.3. The van der Waals surface area contributed by atoms with Gasteiger partial charge in [0.2, 0.25) is 0 Å². The molecule has 0 unspecified atom stereocenters. The standard InChI is InChI=1S/C11H9ClIN5O/c12-7-2-1-6(13)3-8(7)17-11(19)9-4-16-10(18-14)5-15-9/h1-5H,14H2,(H,16,18)(H,17,19). The molecule has 2 aromatic rings. The fraction of sp³-hybridized carbons (Fsp3) is 0. The summed E-state index contributed by atoms with van der Waals surface area (Å²) in [6.45, 7) is 0. The van der Waals surface area contributed by atoms with Crippen LogP contribution >= 0.6 is 34.2 Å². The molecule has 0 spiro atoms. The second-order valence-corrected chi connectivity index (χ2v) is 5.16. The molecule has 0 atom stereocenters. The maximum Gasteiger partial charge on any atom is 0.275 e. The van der Waals surface area contributed by atoms with Gasteiger partial charge in [-0.1, -0.05) is 11.6 Å². The van der Waals surface area contributed by atoms with Crippen LogP contribution in [0.25, 0.3) is 0 Å². The summed E-state index contributed by atoms with van der Waals surface area (Å²) < 4.78 is 0.964. The van der Waals surface area contributed by atoms with Gasteiger partial charge in [0.1, 0.15) is 5.69 Å². The fourth-order valence-electron chi connectivity index (χ4n) is 1.30. The minimum atomic E-state index is -0.389. The van der Waals surface area contributed by atoms with E-state index < -0.39 is 0 Å². The fourth-order valence-corrected chi connectivity index (χ4v) is 1.96. The first-order valence-electron chi connectivity index (χ1n) is 5.15. The molecule has 0 aliphatic carbocycles. The van der Waals surface area contributed by atoms with Gasteiger partial charge in [-0.05, 0) is 40.8 Å². The molecule has 2 rings (SSSR count). The summed E-state index contributed by atoms with van der Waals surface area (Å²) >= 11 is 8.13. The number of carbonyl (C=O) groups is 1. The Balaban J connectivity index is 2.18. The molecule has 98 valence electrons. The van der Waals surface area contributed by atoms with Gasteiger partial charge in [-0.2, -0.15) is 0 Å². The Morgan fingerprint density at radius 2 is 2.11 bits per heavy atom. The van der Waals surface area contributed by atoms with Crippen LogP contribution in [0.4, 0.5) is 11.5 Å². The zero-order valence-corrected chi connectivity index (χ0v) is 12.4. The summed E-state index contributed by atoms with van der Waals surface area (Å²) in [5, 5.41) is 3.14. The molecule has 6 nitrogen and oxygen atoms in total. The van der Waals surface area contributed by atoms with Crippen molar-refractivity contribution >= 4 is 51.6 Å². The highest BCUT2D eigenvalue weighted by Crippen LogP contribution is 2.24. The number of rotatable bonds is 3. The molecule has 8 heteroatoms. The lowest BCUT2D eigenvalue weighted by Crippen LogP contribution is -2.16. The van der Waals surface area contributed by atoms with E-state index in [0.717, 1.165) is 3.57 Å². The van der Waals surface area contributed by atoms with Crippen LogP contribution in [0.5, 0.6) is 0 Å².